The van der Waals surface area contributed by atoms with Gasteiger partial charge in [0.2, 0.25) is 0 Å². The average molecular weight is 399 g/mol. The van der Waals surface area contributed by atoms with E-state index in [0.717, 1.165) is 39.6 Å². The Labute approximate surface area is 139 Å². The van der Waals surface area contributed by atoms with Gasteiger partial charge in [-0.05, 0) is 41.6 Å². The molecular formula is C16H22IN3O. The summed E-state index contributed by atoms with van der Waals surface area (Å²) in [5.41, 5.74) is 0.997. The van der Waals surface area contributed by atoms with Crippen molar-refractivity contribution in [3.05, 3.63) is 27.2 Å². The SMILES string of the molecule is CCNc1nc(-c2ccc(CC)o2)nc(C(C)(C)C)c1I. The van der Waals surface area contributed by atoms with Crippen LogP contribution >= 0.6 is 22.6 Å². The molecule has 2 aromatic heterocycles. The van der Waals surface area contributed by atoms with Crippen molar-refractivity contribution < 1.29 is 4.42 Å². The van der Waals surface area contributed by atoms with Gasteiger partial charge in [-0.15, -0.1) is 0 Å². The first-order valence-corrected chi connectivity index (χ1v) is 8.35. The van der Waals surface area contributed by atoms with E-state index >= 15 is 0 Å². The topological polar surface area (TPSA) is 51.0 Å². The van der Waals surface area contributed by atoms with Crippen LogP contribution in [0.2, 0.25) is 0 Å². The third-order valence-corrected chi connectivity index (χ3v) is 4.16. The number of rotatable bonds is 4. The Morgan fingerprint density at radius 3 is 2.43 bits per heavy atom. The van der Waals surface area contributed by atoms with Gasteiger partial charge in [-0.25, -0.2) is 9.97 Å². The highest BCUT2D eigenvalue weighted by Crippen LogP contribution is 2.32. The van der Waals surface area contributed by atoms with Crippen LogP contribution in [-0.4, -0.2) is 16.5 Å². The molecule has 0 spiro atoms. The number of halogens is 1. The van der Waals surface area contributed by atoms with E-state index in [9.17, 15) is 0 Å². The summed E-state index contributed by atoms with van der Waals surface area (Å²) in [5.74, 6) is 3.21. The van der Waals surface area contributed by atoms with E-state index in [1.807, 2.05) is 12.1 Å². The van der Waals surface area contributed by atoms with E-state index in [2.05, 4.69) is 67.5 Å². The molecule has 0 amide bonds. The Bertz CT molecular complexity index is 629. The quantitative estimate of drug-likeness (QED) is 0.762. The molecule has 0 atom stereocenters. The van der Waals surface area contributed by atoms with Crippen LogP contribution in [0.3, 0.4) is 0 Å². The summed E-state index contributed by atoms with van der Waals surface area (Å²) in [6.07, 6.45) is 0.872. The minimum atomic E-state index is -0.0431. The van der Waals surface area contributed by atoms with Crippen molar-refractivity contribution in [1.29, 1.82) is 0 Å². The zero-order valence-corrected chi connectivity index (χ0v) is 15.4. The van der Waals surface area contributed by atoms with Crippen molar-refractivity contribution in [2.24, 2.45) is 0 Å². The van der Waals surface area contributed by atoms with E-state index in [1.54, 1.807) is 0 Å². The molecular weight excluding hydrogens is 377 g/mol. The van der Waals surface area contributed by atoms with Gasteiger partial charge in [-0.2, -0.15) is 0 Å². The smallest absolute Gasteiger partial charge is 0.197 e. The second kappa shape index (κ2) is 6.34. The largest absolute Gasteiger partial charge is 0.458 e. The number of hydrogen-bond donors (Lipinski definition) is 1. The maximum Gasteiger partial charge on any atom is 0.197 e. The van der Waals surface area contributed by atoms with E-state index in [4.69, 9.17) is 9.40 Å². The lowest BCUT2D eigenvalue weighted by molar-refractivity contribution is 0.521. The summed E-state index contributed by atoms with van der Waals surface area (Å²) >= 11 is 2.32. The highest BCUT2D eigenvalue weighted by molar-refractivity contribution is 14.1. The van der Waals surface area contributed by atoms with Crippen molar-refractivity contribution >= 4 is 28.4 Å². The summed E-state index contributed by atoms with van der Waals surface area (Å²) in [6.45, 7) is 11.5. The molecule has 0 aliphatic rings. The standard InChI is InChI=1S/C16H22IN3O/c1-6-10-8-9-11(21-10)14-19-13(16(3,4)5)12(17)15(20-14)18-7-2/h8-9H,6-7H2,1-5H3,(H,18,19,20). The van der Waals surface area contributed by atoms with E-state index in [1.165, 1.54) is 0 Å². The highest BCUT2D eigenvalue weighted by atomic mass is 127. The van der Waals surface area contributed by atoms with Gasteiger partial charge in [0.15, 0.2) is 11.6 Å². The van der Waals surface area contributed by atoms with Crippen LogP contribution in [0.5, 0.6) is 0 Å². The van der Waals surface area contributed by atoms with Gasteiger partial charge < -0.3 is 9.73 Å². The molecule has 1 N–H and O–H groups in total. The molecule has 0 aliphatic carbocycles. The van der Waals surface area contributed by atoms with Crippen molar-refractivity contribution in [3.63, 3.8) is 0 Å². The fraction of sp³-hybridized carbons (Fsp3) is 0.500. The normalized spacial score (nSPS) is 11.7. The molecule has 0 fully saturated rings. The molecule has 2 rings (SSSR count). The molecule has 114 valence electrons. The Balaban J connectivity index is 2.58. The molecule has 5 heteroatoms. The average Bonchev–Trinajstić information content (AvgIpc) is 2.88. The minimum absolute atomic E-state index is 0.0431. The molecule has 2 aromatic rings. The second-order valence-corrected chi connectivity index (χ2v) is 7.04. The molecule has 2 heterocycles. The zero-order valence-electron chi connectivity index (χ0n) is 13.2. The molecule has 0 saturated heterocycles. The van der Waals surface area contributed by atoms with Crippen LogP contribution in [0, 0.1) is 3.57 Å². The highest BCUT2D eigenvalue weighted by Gasteiger charge is 2.24. The van der Waals surface area contributed by atoms with Crippen LogP contribution in [0.4, 0.5) is 5.82 Å². The Morgan fingerprint density at radius 1 is 1.19 bits per heavy atom. The van der Waals surface area contributed by atoms with Gasteiger partial charge in [0.25, 0.3) is 0 Å². The summed E-state index contributed by atoms with van der Waals surface area (Å²) < 4.78 is 6.88. The van der Waals surface area contributed by atoms with Crippen LogP contribution in [0.25, 0.3) is 11.6 Å². The van der Waals surface area contributed by atoms with Gasteiger partial charge in [0.1, 0.15) is 11.6 Å². The van der Waals surface area contributed by atoms with E-state index in [0.29, 0.717) is 5.82 Å². The summed E-state index contributed by atoms with van der Waals surface area (Å²) in [4.78, 5) is 9.38. The molecule has 0 bridgehead atoms. The fourth-order valence-corrected chi connectivity index (χ4v) is 3.27. The Morgan fingerprint density at radius 2 is 1.90 bits per heavy atom. The predicted molar refractivity (Wildman–Crippen MR) is 94.7 cm³/mol. The second-order valence-electron chi connectivity index (χ2n) is 5.96. The lowest BCUT2D eigenvalue weighted by atomic mass is 9.92. The van der Waals surface area contributed by atoms with Gasteiger partial charge >= 0.3 is 0 Å². The van der Waals surface area contributed by atoms with Crippen LogP contribution in [0.15, 0.2) is 16.5 Å². The van der Waals surface area contributed by atoms with E-state index in [-0.39, 0.29) is 5.41 Å². The number of furan rings is 1. The Kier molecular flexibility index (Phi) is 4.91. The van der Waals surface area contributed by atoms with Crippen LogP contribution in [-0.2, 0) is 11.8 Å². The number of aromatic nitrogens is 2. The molecule has 0 aliphatic heterocycles. The van der Waals surface area contributed by atoms with Crippen LogP contribution in [0.1, 0.15) is 46.1 Å². The predicted octanol–water partition coefficient (Wildman–Crippen LogP) is 4.63. The number of hydrogen-bond acceptors (Lipinski definition) is 4. The molecule has 0 radical (unpaired) electrons. The Hall–Kier alpha value is -1.11. The molecule has 0 unspecified atom stereocenters. The number of nitrogens with one attached hydrogen (secondary N) is 1. The third-order valence-electron chi connectivity index (χ3n) is 3.14. The molecule has 4 nitrogen and oxygen atoms in total. The first-order valence-electron chi connectivity index (χ1n) is 7.27. The maximum absolute atomic E-state index is 5.80. The summed E-state index contributed by atoms with van der Waals surface area (Å²) in [5, 5.41) is 3.32. The van der Waals surface area contributed by atoms with Crippen molar-refractivity contribution in [3.8, 4) is 11.6 Å². The van der Waals surface area contributed by atoms with E-state index < -0.39 is 0 Å². The van der Waals surface area contributed by atoms with Gasteiger partial charge in [0, 0.05) is 18.4 Å². The first-order chi connectivity index (χ1) is 9.86. The zero-order chi connectivity index (χ0) is 15.6. The molecule has 21 heavy (non-hydrogen) atoms. The monoisotopic (exact) mass is 399 g/mol. The number of aryl methyl sites for hydroxylation is 1. The number of anilines is 1. The number of nitrogens with zero attached hydrogens (tertiary/aromatic N) is 2. The first kappa shape index (κ1) is 16.3. The lowest BCUT2D eigenvalue weighted by Crippen LogP contribution is -2.19. The summed E-state index contributed by atoms with van der Waals surface area (Å²) in [6, 6.07) is 3.93. The van der Waals surface area contributed by atoms with Gasteiger partial charge in [-0.3, -0.25) is 0 Å². The molecule has 0 aromatic carbocycles. The van der Waals surface area contributed by atoms with Crippen molar-refractivity contribution in [1.82, 2.24) is 9.97 Å². The van der Waals surface area contributed by atoms with Crippen molar-refractivity contribution in [2.75, 3.05) is 11.9 Å². The fourth-order valence-electron chi connectivity index (χ4n) is 2.03. The minimum Gasteiger partial charge on any atom is -0.458 e. The van der Waals surface area contributed by atoms with Gasteiger partial charge in [0.05, 0.1) is 9.26 Å². The lowest BCUT2D eigenvalue weighted by Gasteiger charge is -2.21. The molecule has 0 saturated carbocycles. The maximum atomic E-state index is 5.80. The van der Waals surface area contributed by atoms with Crippen molar-refractivity contribution in [2.45, 2.75) is 46.5 Å². The van der Waals surface area contributed by atoms with Crippen LogP contribution < -0.4 is 5.32 Å². The summed E-state index contributed by atoms with van der Waals surface area (Å²) in [7, 11) is 0. The third kappa shape index (κ3) is 3.56. The van der Waals surface area contributed by atoms with Gasteiger partial charge in [-0.1, -0.05) is 27.7 Å².